The Morgan fingerprint density at radius 2 is 1.83 bits per heavy atom. The molecule has 186 valence electrons. The van der Waals surface area contributed by atoms with Gasteiger partial charge in [-0.2, -0.15) is 0 Å². The zero-order valence-electron chi connectivity index (χ0n) is 19.7. The van der Waals surface area contributed by atoms with Gasteiger partial charge in [0.2, 0.25) is 0 Å². The molecule has 4 bridgehead atoms. The molecule has 0 N–H and O–H groups in total. The number of rotatable bonds is 3. The molecule has 1 aromatic carbocycles. The molecule has 8 nitrogen and oxygen atoms in total. The summed E-state index contributed by atoms with van der Waals surface area (Å²) in [6.07, 6.45) is 3.88. The number of carbonyl (C=O) groups is 2. The zero-order chi connectivity index (χ0) is 25.0. The number of ether oxygens (including phenoxy) is 1. The molecule has 9 heteroatoms. The average Bonchev–Trinajstić information content (AvgIpc) is 2.84. The molecule has 7 atom stereocenters. The van der Waals surface area contributed by atoms with E-state index in [1.165, 1.54) is 24.3 Å². The molecule has 1 heterocycles. The summed E-state index contributed by atoms with van der Waals surface area (Å²) in [5.74, 6) is -1.36. The largest absolute Gasteiger partial charge is 0.465 e. The number of ketones is 1. The Bertz CT molecular complexity index is 1300. The molecular formula is C26H29NO7S. The molecule has 6 aliphatic rings. The van der Waals surface area contributed by atoms with Crippen LogP contribution in [0.15, 0.2) is 41.3 Å². The van der Waals surface area contributed by atoms with Crippen LogP contribution in [-0.2, 0) is 24.2 Å². The molecule has 0 radical (unpaired) electrons. The second-order valence-electron chi connectivity index (χ2n) is 11.6. The van der Waals surface area contributed by atoms with Crippen LogP contribution >= 0.6 is 0 Å². The molecular weight excluding hydrogens is 470 g/mol. The number of nitro groups is 1. The molecule has 5 saturated carbocycles. The van der Waals surface area contributed by atoms with Gasteiger partial charge in [0, 0.05) is 11.5 Å². The zero-order valence-corrected chi connectivity index (χ0v) is 20.5. The molecule has 5 aliphatic carbocycles. The number of nitro benzene ring substituents is 1. The second-order valence-corrected chi connectivity index (χ2v) is 13.7. The molecule has 1 aliphatic heterocycles. The van der Waals surface area contributed by atoms with Crippen LogP contribution in [-0.4, -0.2) is 37.0 Å². The fourth-order valence-electron chi connectivity index (χ4n) is 8.89. The lowest BCUT2D eigenvalue weighted by molar-refractivity contribution is -0.387. The number of para-hydroxylation sites is 1. The molecule has 0 amide bonds. The van der Waals surface area contributed by atoms with Crippen molar-refractivity contribution in [2.24, 2.45) is 34.0 Å². The van der Waals surface area contributed by atoms with E-state index in [9.17, 15) is 28.1 Å². The Morgan fingerprint density at radius 3 is 2.57 bits per heavy atom. The van der Waals surface area contributed by atoms with Crippen molar-refractivity contribution in [3.8, 4) is 0 Å². The highest BCUT2D eigenvalue weighted by atomic mass is 32.2. The number of carbonyl (C=O) groups excluding carboxylic acids is 2. The fourth-order valence-corrected chi connectivity index (χ4v) is 11.3. The van der Waals surface area contributed by atoms with Gasteiger partial charge in [-0.1, -0.05) is 32.1 Å². The maximum absolute atomic E-state index is 14.4. The van der Waals surface area contributed by atoms with Crippen LogP contribution < -0.4 is 0 Å². The summed E-state index contributed by atoms with van der Waals surface area (Å²) in [6.45, 7) is 6.34. The first-order chi connectivity index (χ1) is 16.5. The number of nitrogens with zero attached hydrogens (tertiary/aromatic N) is 1. The van der Waals surface area contributed by atoms with Crippen LogP contribution in [0.4, 0.5) is 5.69 Å². The van der Waals surface area contributed by atoms with Gasteiger partial charge >= 0.3 is 5.97 Å². The number of sulfone groups is 1. The minimum Gasteiger partial charge on any atom is -0.465 e. The van der Waals surface area contributed by atoms with Gasteiger partial charge in [-0.3, -0.25) is 19.7 Å². The predicted octanol–water partition coefficient (Wildman–Crippen LogP) is 4.03. The summed E-state index contributed by atoms with van der Waals surface area (Å²) in [5.41, 5.74) is -2.64. The minimum atomic E-state index is -4.30. The van der Waals surface area contributed by atoms with E-state index in [0.717, 1.165) is 12.8 Å². The summed E-state index contributed by atoms with van der Waals surface area (Å²) < 4.78 is 34.5. The summed E-state index contributed by atoms with van der Waals surface area (Å²) >= 11 is 0. The predicted molar refractivity (Wildman–Crippen MR) is 125 cm³/mol. The number of fused-ring (bicyclic) bond motifs is 2. The minimum absolute atomic E-state index is 0.0696. The SMILES string of the molecule is C=C1C(=O)[C@]23CC[C@H]1CC2[C@@]12CCC[C@@](C)(COC1=O)C2C[C@H]3S(=O)(=O)c1ccccc1[N+](=O)[O-]. The van der Waals surface area contributed by atoms with Crippen molar-refractivity contribution in [2.75, 3.05) is 6.61 Å². The first-order valence-electron chi connectivity index (χ1n) is 12.4. The van der Waals surface area contributed by atoms with E-state index in [1.54, 1.807) is 0 Å². The Morgan fingerprint density at radius 1 is 1.09 bits per heavy atom. The van der Waals surface area contributed by atoms with E-state index in [-0.39, 0.29) is 46.9 Å². The van der Waals surface area contributed by atoms with Crippen molar-refractivity contribution >= 4 is 27.3 Å². The van der Waals surface area contributed by atoms with Crippen LogP contribution in [0.2, 0.25) is 0 Å². The van der Waals surface area contributed by atoms with Crippen molar-refractivity contribution in [2.45, 2.75) is 62.0 Å². The summed E-state index contributed by atoms with van der Waals surface area (Å²) in [5, 5.41) is 10.6. The van der Waals surface area contributed by atoms with E-state index in [1.807, 2.05) is 0 Å². The number of allylic oxidation sites excluding steroid dienone is 1. The van der Waals surface area contributed by atoms with E-state index < -0.39 is 42.4 Å². The molecule has 2 unspecified atom stereocenters. The van der Waals surface area contributed by atoms with E-state index in [2.05, 4.69) is 13.5 Å². The standard InChI is InChI=1S/C26H29NO7S/c1-15-16-8-11-26(22(15)28)20(12-16)25-10-5-9-24(2,14-34-23(25)29)19(25)13-21(26)35(32,33)18-7-4-3-6-17(18)27(30)31/h3-4,6-7,16,19-21H,1,5,8-14H2,2H3/t16-,19?,20?,21+,24-,25-,26+/m0/s1. The Hall–Kier alpha value is -2.55. The van der Waals surface area contributed by atoms with Crippen molar-refractivity contribution in [3.05, 3.63) is 46.5 Å². The lowest BCUT2D eigenvalue weighted by Gasteiger charge is -2.69. The summed E-state index contributed by atoms with van der Waals surface area (Å²) in [6, 6.07) is 5.38. The van der Waals surface area contributed by atoms with Crippen LogP contribution in [0.3, 0.4) is 0 Å². The van der Waals surface area contributed by atoms with Crippen molar-refractivity contribution in [3.63, 3.8) is 0 Å². The number of esters is 1. The molecule has 0 aromatic heterocycles. The van der Waals surface area contributed by atoms with Crippen LogP contribution in [0, 0.1) is 44.1 Å². The van der Waals surface area contributed by atoms with E-state index >= 15 is 0 Å². The normalized spacial score (nSPS) is 42.1. The number of Topliss-reactive ketones (excluding diaryl/α,β-unsaturated/α-hetero) is 1. The fraction of sp³-hybridized carbons (Fsp3) is 0.615. The highest BCUT2D eigenvalue weighted by molar-refractivity contribution is 7.92. The van der Waals surface area contributed by atoms with Crippen molar-refractivity contribution in [1.29, 1.82) is 0 Å². The third-order valence-corrected chi connectivity index (χ3v) is 12.7. The van der Waals surface area contributed by atoms with E-state index in [4.69, 9.17) is 4.74 Å². The molecule has 6 fully saturated rings. The quantitative estimate of drug-likeness (QED) is 0.266. The molecule has 1 spiro atoms. The highest BCUT2D eigenvalue weighted by Gasteiger charge is 2.77. The summed E-state index contributed by atoms with van der Waals surface area (Å²) in [7, 11) is -4.30. The van der Waals surface area contributed by atoms with E-state index in [0.29, 0.717) is 31.3 Å². The maximum Gasteiger partial charge on any atom is 0.312 e. The first-order valence-corrected chi connectivity index (χ1v) is 13.9. The lowest BCUT2D eigenvalue weighted by atomic mass is 9.35. The van der Waals surface area contributed by atoms with Gasteiger partial charge in [-0.15, -0.1) is 0 Å². The lowest BCUT2D eigenvalue weighted by Crippen LogP contribution is -2.73. The van der Waals surface area contributed by atoms with Gasteiger partial charge in [0.1, 0.15) is 4.90 Å². The topological polar surface area (TPSA) is 121 Å². The van der Waals surface area contributed by atoms with Gasteiger partial charge in [-0.05, 0) is 67.9 Å². The number of benzene rings is 1. The Labute approximate surface area is 204 Å². The number of hydrogen-bond donors (Lipinski definition) is 0. The second kappa shape index (κ2) is 7.02. The first kappa shape index (κ1) is 22.9. The third kappa shape index (κ3) is 2.60. The Balaban J connectivity index is 1.61. The van der Waals surface area contributed by atoms with Crippen LogP contribution in [0.25, 0.3) is 0 Å². The van der Waals surface area contributed by atoms with Gasteiger partial charge in [0.05, 0.1) is 27.6 Å². The molecule has 1 aromatic rings. The molecule has 35 heavy (non-hydrogen) atoms. The van der Waals surface area contributed by atoms with Gasteiger partial charge in [-0.25, -0.2) is 8.42 Å². The molecule has 1 saturated heterocycles. The Kier molecular flexibility index (Phi) is 4.59. The van der Waals surface area contributed by atoms with Crippen LogP contribution in [0.5, 0.6) is 0 Å². The molecule has 7 rings (SSSR count). The van der Waals surface area contributed by atoms with Crippen molar-refractivity contribution in [1.82, 2.24) is 0 Å². The van der Waals surface area contributed by atoms with Crippen molar-refractivity contribution < 1.29 is 27.7 Å². The third-order valence-electron chi connectivity index (χ3n) is 10.4. The summed E-state index contributed by atoms with van der Waals surface area (Å²) in [4.78, 5) is 38.4. The van der Waals surface area contributed by atoms with Gasteiger partial charge in [0.15, 0.2) is 15.6 Å². The monoisotopic (exact) mass is 499 g/mol. The smallest absolute Gasteiger partial charge is 0.312 e. The van der Waals surface area contributed by atoms with Gasteiger partial charge in [0.25, 0.3) is 5.69 Å². The number of cyclic esters (lactones) is 1. The maximum atomic E-state index is 14.4. The number of hydrogen-bond acceptors (Lipinski definition) is 7. The average molecular weight is 500 g/mol. The van der Waals surface area contributed by atoms with Crippen LogP contribution in [0.1, 0.15) is 51.9 Å². The van der Waals surface area contributed by atoms with Gasteiger partial charge < -0.3 is 4.74 Å². The highest BCUT2D eigenvalue weighted by Crippen LogP contribution is 2.73.